The first-order valence-electron chi connectivity index (χ1n) is 9.21. The summed E-state index contributed by atoms with van der Waals surface area (Å²) in [6.07, 6.45) is 2.58. The quantitative estimate of drug-likeness (QED) is 0.681. The molecule has 0 saturated heterocycles. The average molecular weight is 367 g/mol. The number of hydrogen-bond donors (Lipinski definition) is 1. The highest BCUT2D eigenvalue weighted by Crippen LogP contribution is 2.21. The van der Waals surface area contributed by atoms with Gasteiger partial charge in [0, 0.05) is 41.8 Å². The molecule has 2 aromatic carbocycles. The lowest BCUT2D eigenvalue weighted by Crippen LogP contribution is -2.22. The number of anilines is 1. The molecule has 0 radical (unpaired) electrons. The Hall–Kier alpha value is -2.66. The van der Waals surface area contributed by atoms with Crippen molar-refractivity contribution < 1.29 is 9.18 Å². The van der Waals surface area contributed by atoms with Crippen LogP contribution in [0.1, 0.15) is 12.5 Å². The van der Waals surface area contributed by atoms with Crippen molar-refractivity contribution in [3.05, 3.63) is 66.1 Å². The number of rotatable bonds is 7. The summed E-state index contributed by atoms with van der Waals surface area (Å²) in [5.74, 6) is -0.581. The van der Waals surface area contributed by atoms with Gasteiger partial charge in [0.1, 0.15) is 5.82 Å². The van der Waals surface area contributed by atoms with Crippen molar-refractivity contribution in [3.8, 4) is 0 Å². The zero-order chi connectivity index (χ0) is 19.4. The number of carbonyl (C=O) groups is 1. The normalized spacial score (nSPS) is 12.5. The van der Waals surface area contributed by atoms with Crippen molar-refractivity contribution >= 4 is 22.5 Å². The molecule has 0 spiro atoms. The molecular weight excluding hydrogens is 341 g/mol. The van der Waals surface area contributed by atoms with Crippen LogP contribution in [0.15, 0.2) is 54.7 Å². The molecule has 1 amide bonds. The van der Waals surface area contributed by atoms with E-state index >= 15 is 0 Å². The number of aromatic nitrogens is 1. The molecule has 1 heterocycles. The SMILES string of the molecule is CC(Cc1cccc(F)c1)C(=O)Nc1ccc2c(ccn2CCN(C)C)c1. The van der Waals surface area contributed by atoms with E-state index in [9.17, 15) is 9.18 Å². The Morgan fingerprint density at radius 3 is 2.74 bits per heavy atom. The van der Waals surface area contributed by atoms with Crippen molar-refractivity contribution in [2.75, 3.05) is 26.0 Å². The standard InChI is InChI=1S/C22H26FN3O/c1-16(13-17-5-4-6-19(23)14-17)22(27)24-20-7-8-21-18(15-20)9-10-26(21)12-11-25(2)3/h4-10,14-16H,11-13H2,1-3H3,(H,24,27). The number of halogens is 1. The Kier molecular flexibility index (Phi) is 5.91. The van der Waals surface area contributed by atoms with Gasteiger partial charge >= 0.3 is 0 Å². The molecule has 0 aliphatic rings. The lowest BCUT2D eigenvalue weighted by Gasteiger charge is -2.13. The first kappa shape index (κ1) is 19.1. The van der Waals surface area contributed by atoms with E-state index in [1.54, 1.807) is 6.07 Å². The van der Waals surface area contributed by atoms with Gasteiger partial charge in [-0.2, -0.15) is 0 Å². The highest BCUT2D eigenvalue weighted by atomic mass is 19.1. The summed E-state index contributed by atoms with van der Waals surface area (Å²) in [4.78, 5) is 14.7. The van der Waals surface area contributed by atoms with Crippen LogP contribution in [0.4, 0.5) is 10.1 Å². The minimum absolute atomic E-state index is 0.0642. The second-order valence-electron chi connectivity index (χ2n) is 7.31. The number of amides is 1. The summed E-state index contributed by atoms with van der Waals surface area (Å²) >= 11 is 0. The fourth-order valence-corrected chi connectivity index (χ4v) is 3.16. The number of benzene rings is 2. The van der Waals surface area contributed by atoms with Crippen molar-refractivity contribution in [2.45, 2.75) is 19.9 Å². The summed E-state index contributed by atoms with van der Waals surface area (Å²) in [6.45, 7) is 3.75. The van der Waals surface area contributed by atoms with Crippen molar-refractivity contribution in [3.63, 3.8) is 0 Å². The molecule has 0 aliphatic carbocycles. The molecule has 1 atom stereocenters. The van der Waals surface area contributed by atoms with Gasteiger partial charge in [-0.3, -0.25) is 4.79 Å². The summed E-state index contributed by atoms with van der Waals surface area (Å²) in [5, 5.41) is 4.08. The number of fused-ring (bicyclic) bond motifs is 1. The molecule has 0 bridgehead atoms. The number of nitrogens with one attached hydrogen (secondary N) is 1. The van der Waals surface area contributed by atoms with Crippen LogP contribution in [-0.4, -0.2) is 36.0 Å². The maximum Gasteiger partial charge on any atom is 0.227 e. The number of likely N-dealkylation sites (N-methyl/N-ethyl adjacent to an activating group) is 1. The molecule has 27 heavy (non-hydrogen) atoms. The van der Waals surface area contributed by atoms with E-state index in [0.717, 1.165) is 35.2 Å². The van der Waals surface area contributed by atoms with Crippen LogP contribution in [0.5, 0.6) is 0 Å². The maximum absolute atomic E-state index is 13.3. The molecular formula is C22H26FN3O. The number of nitrogens with zero attached hydrogens (tertiary/aromatic N) is 2. The van der Waals surface area contributed by atoms with E-state index in [2.05, 4.69) is 41.1 Å². The van der Waals surface area contributed by atoms with E-state index in [1.165, 1.54) is 12.1 Å². The molecule has 142 valence electrons. The Morgan fingerprint density at radius 2 is 2.00 bits per heavy atom. The third-order valence-electron chi connectivity index (χ3n) is 4.71. The zero-order valence-electron chi connectivity index (χ0n) is 16.1. The molecule has 5 heteroatoms. The van der Waals surface area contributed by atoms with Crippen LogP contribution in [0.25, 0.3) is 10.9 Å². The predicted molar refractivity (Wildman–Crippen MR) is 108 cm³/mol. The lowest BCUT2D eigenvalue weighted by molar-refractivity contribution is -0.119. The predicted octanol–water partition coefficient (Wildman–Crippen LogP) is 4.16. The van der Waals surface area contributed by atoms with E-state index in [1.807, 2.05) is 31.2 Å². The topological polar surface area (TPSA) is 37.3 Å². The van der Waals surface area contributed by atoms with Gasteiger partial charge in [-0.1, -0.05) is 19.1 Å². The highest BCUT2D eigenvalue weighted by Gasteiger charge is 2.14. The summed E-state index contributed by atoms with van der Waals surface area (Å²) in [5.41, 5.74) is 2.76. The Balaban J connectivity index is 1.66. The second kappa shape index (κ2) is 8.35. The number of carbonyl (C=O) groups excluding carboxylic acids is 1. The van der Waals surface area contributed by atoms with Gasteiger partial charge in [-0.25, -0.2) is 4.39 Å². The first-order chi connectivity index (χ1) is 12.9. The van der Waals surface area contributed by atoms with Crippen LogP contribution in [0.3, 0.4) is 0 Å². The van der Waals surface area contributed by atoms with Gasteiger partial charge < -0.3 is 14.8 Å². The van der Waals surface area contributed by atoms with E-state index < -0.39 is 0 Å². The highest BCUT2D eigenvalue weighted by molar-refractivity contribution is 5.95. The monoisotopic (exact) mass is 367 g/mol. The van der Waals surface area contributed by atoms with Gasteiger partial charge in [-0.15, -0.1) is 0 Å². The zero-order valence-corrected chi connectivity index (χ0v) is 16.1. The molecule has 1 N–H and O–H groups in total. The van der Waals surface area contributed by atoms with Crippen molar-refractivity contribution in [1.29, 1.82) is 0 Å². The van der Waals surface area contributed by atoms with Gasteiger partial charge in [0.05, 0.1) is 0 Å². The second-order valence-corrected chi connectivity index (χ2v) is 7.31. The van der Waals surface area contributed by atoms with Gasteiger partial charge in [-0.05, 0) is 62.5 Å². The van der Waals surface area contributed by atoms with Crippen molar-refractivity contribution in [1.82, 2.24) is 9.47 Å². The van der Waals surface area contributed by atoms with Crippen LogP contribution in [0, 0.1) is 11.7 Å². The molecule has 0 aliphatic heterocycles. The minimum Gasteiger partial charge on any atom is -0.346 e. The van der Waals surface area contributed by atoms with Crippen LogP contribution < -0.4 is 5.32 Å². The Bertz CT molecular complexity index is 932. The third kappa shape index (κ3) is 4.95. The van der Waals surface area contributed by atoms with Gasteiger partial charge in [0.25, 0.3) is 0 Å². The third-order valence-corrected chi connectivity index (χ3v) is 4.71. The molecule has 4 nitrogen and oxygen atoms in total. The Labute approximate surface area is 159 Å². The Morgan fingerprint density at radius 1 is 1.19 bits per heavy atom. The molecule has 3 aromatic rings. The largest absolute Gasteiger partial charge is 0.346 e. The van der Waals surface area contributed by atoms with Crippen LogP contribution in [0.2, 0.25) is 0 Å². The lowest BCUT2D eigenvalue weighted by atomic mass is 10.00. The molecule has 3 rings (SSSR count). The van der Waals surface area contributed by atoms with E-state index in [-0.39, 0.29) is 17.6 Å². The van der Waals surface area contributed by atoms with Crippen LogP contribution >= 0.6 is 0 Å². The van der Waals surface area contributed by atoms with Gasteiger partial charge in [0.15, 0.2) is 0 Å². The summed E-state index contributed by atoms with van der Waals surface area (Å²) in [7, 11) is 4.12. The fraction of sp³-hybridized carbons (Fsp3) is 0.318. The smallest absolute Gasteiger partial charge is 0.227 e. The van der Waals surface area contributed by atoms with Crippen molar-refractivity contribution in [2.24, 2.45) is 5.92 Å². The summed E-state index contributed by atoms with van der Waals surface area (Å²) < 4.78 is 15.5. The molecule has 1 unspecified atom stereocenters. The van der Waals surface area contributed by atoms with E-state index in [4.69, 9.17) is 0 Å². The van der Waals surface area contributed by atoms with Gasteiger partial charge in [0.2, 0.25) is 5.91 Å². The summed E-state index contributed by atoms with van der Waals surface area (Å²) in [6, 6.07) is 14.4. The fourth-order valence-electron chi connectivity index (χ4n) is 3.16. The maximum atomic E-state index is 13.3. The van der Waals surface area contributed by atoms with E-state index in [0.29, 0.717) is 6.42 Å². The molecule has 0 fully saturated rings. The number of hydrogen-bond acceptors (Lipinski definition) is 2. The molecule has 0 saturated carbocycles. The molecule has 1 aromatic heterocycles. The van der Waals surface area contributed by atoms with Crippen LogP contribution in [-0.2, 0) is 17.8 Å². The first-order valence-corrected chi connectivity index (χ1v) is 9.21. The average Bonchev–Trinajstić information content (AvgIpc) is 3.02. The minimum atomic E-state index is -0.274.